The lowest BCUT2D eigenvalue weighted by Crippen LogP contribution is -2.18. The third-order valence-electron chi connectivity index (χ3n) is 15.9. The molecule has 4 nitrogen and oxygen atoms in total. The highest BCUT2D eigenvalue weighted by Crippen LogP contribution is 2.55. The topological polar surface area (TPSA) is 16.3 Å². The van der Waals surface area contributed by atoms with Crippen LogP contribution in [-0.4, -0.2) is 9.13 Å². The number of rotatable bonds is 9. The predicted octanol–water partition coefficient (Wildman–Crippen LogP) is 19.9. The van der Waals surface area contributed by atoms with E-state index in [4.69, 9.17) is 4.11 Å². The first-order valence-electron chi connectivity index (χ1n) is 28.8. The van der Waals surface area contributed by atoms with E-state index in [-0.39, 0.29) is 29.9 Å². The maximum atomic E-state index is 9.24. The van der Waals surface area contributed by atoms with Crippen LogP contribution < -0.4 is 9.80 Å². The minimum atomic E-state index is -0.426. The van der Waals surface area contributed by atoms with Gasteiger partial charge in [-0.05, 0) is 148 Å². The Morgan fingerprint density at radius 1 is 0.338 bits per heavy atom. The smallest absolute Gasteiger partial charge is 0.0645 e. The summed E-state index contributed by atoms with van der Waals surface area (Å²) in [6.07, 6.45) is 0. The molecule has 1 aliphatic carbocycles. The average molecular weight is 990 g/mol. The third-order valence-corrected chi connectivity index (χ3v) is 15.9. The summed E-state index contributed by atoms with van der Waals surface area (Å²) in [5, 5.41) is 6.09. The van der Waals surface area contributed by atoms with Crippen molar-refractivity contribution in [3.8, 4) is 33.6 Å². The first kappa shape index (κ1) is 39.5. The number of para-hydroxylation sites is 7. The largest absolute Gasteiger partial charge is 0.310 e. The Hall–Kier alpha value is -9.90. The normalized spacial score (nSPS) is 13.6. The Kier molecular flexibility index (Phi) is 9.05. The van der Waals surface area contributed by atoms with Crippen molar-refractivity contribution in [2.24, 2.45) is 0 Å². The fraction of sp³-hybridized carbons (Fsp3) is 0.0411. The van der Waals surface area contributed by atoms with E-state index in [0.29, 0.717) is 0 Å². The van der Waals surface area contributed by atoms with E-state index in [1.54, 1.807) is 0 Å². The summed E-state index contributed by atoms with van der Waals surface area (Å²) in [7, 11) is 0. The van der Waals surface area contributed by atoms with Crippen LogP contribution >= 0.6 is 0 Å². The maximum absolute atomic E-state index is 9.24. The molecule has 2 heterocycles. The Bertz CT molecular complexity index is 4830. The minimum absolute atomic E-state index is 0.114. The van der Waals surface area contributed by atoms with Crippen molar-refractivity contribution in [1.29, 1.82) is 0 Å². The van der Waals surface area contributed by atoms with Gasteiger partial charge >= 0.3 is 0 Å². The van der Waals surface area contributed by atoms with Crippen LogP contribution in [0.4, 0.5) is 34.1 Å². The van der Waals surface area contributed by atoms with Crippen LogP contribution in [0.25, 0.3) is 88.0 Å². The molecule has 0 saturated heterocycles. The molecule has 0 aliphatic heterocycles. The molecule has 0 saturated carbocycles. The maximum Gasteiger partial charge on any atom is 0.0645 e. The fourth-order valence-corrected chi connectivity index (χ4v) is 12.6. The first-order chi connectivity index (χ1) is 40.1. The van der Waals surface area contributed by atoms with Gasteiger partial charge in [0.2, 0.25) is 0 Å². The van der Waals surface area contributed by atoms with Crippen LogP contribution in [0.2, 0.25) is 0 Å². The Morgan fingerprint density at radius 2 is 0.818 bits per heavy atom. The highest BCUT2D eigenvalue weighted by atomic mass is 15.2. The molecule has 14 aromatic rings. The van der Waals surface area contributed by atoms with Crippen molar-refractivity contribution in [3.63, 3.8) is 0 Å². The average Bonchev–Trinajstić information content (AvgIpc) is 4.28. The Morgan fingerprint density at radius 3 is 1.43 bits per heavy atom. The second-order valence-corrected chi connectivity index (χ2v) is 20.5. The Labute approximate surface area is 455 Å². The van der Waals surface area contributed by atoms with E-state index in [0.717, 1.165) is 83.5 Å². The molecule has 364 valence electrons. The summed E-state index contributed by atoms with van der Waals surface area (Å²) in [4.78, 5) is 4.71. The molecule has 77 heavy (non-hydrogen) atoms. The second-order valence-electron chi connectivity index (χ2n) is 20.5. The quantitative estimate of drug-likeness (QED) is 0.143. The summed E-state index contributed by atoms with van der Waals surface area (Å²) < 4.78 is 48.9. The fourth-order valence-electron chi connectivity index (χ4n) is 12.6. The monoisotopic (exact) mass is 989 g/mol. The number of hydrogen-bond acceptors (Lipinski definition) is 2. The lowest BCUT2D eigenvalue weighted by Gasteiger charge is -2.31. The van der Waals surface area contributed by atoms with Gasteiger partial charge in [-0.2, -0.15) is 0 Å². The molecule has 15 rings (SSSR count). The summed E-state index contributed by atoms with van der Waals surface area (Å²) in [5.74, 6) is 0. The van der Waals surface area contributed by atoms with E-state index >= 15 is 0 Å². The highest BCUT2D eigenvalue weighted by molar-refractivity contribution is 6.22. The van der Waals surface area contributed by atoms with Crippen LogP contribution in [0.1, 0.15) is 31.8 Å². The van der Waals surface area contributed by atoms with Gasteiger partial charge in [-0.25, -0.2) is 0 Å². The van der Waals surface area contributed by atoms with Gasteiger partial charge in [0.05, 0.1) is 28.9 Å². The number of fused-ring (bicyclic) bond motifs is 12. The van der Waals surface area contributed by atoms with Crippen LogP contribution in [0, 0.1) is 0 Å². The zero-order chi connectivity index (χ0) is 55.5. The third kappa shape index (κ3) is 6.99. The van der Waals surface area contributed by atoms with E-state index in [9.17, 15) is 2.74 Å². The molecule has 0 radical (unpaired) electrons. The molecule has 2 aromatic heterocycles. The molecule has 0 fully saturated rings. The van der Waals surface area contributed by atoms with Gasteiger partial charge in [0.25, 0.3) is 0 Å². The zero-order valence-corrected chi connectivity index (χ0v) is 42.5. The lowest BCUT2D eigenvalue weighted by atomic mass is 9.81. The Balaban J connectivity index is 0.995. The molecule has 0 bridgehead atoms. The van der Waals surface area contributed by atoms with Crippen molar-refractivity contribution < 1.29 is 6.85 Å². The van der Waals surface area contributed by atoms with Gasteiger partial charge < -0.3 is 18.9 Å². The van der Waals surface area contributed by atoms with Crippen molar-refractivity contribution >= 4 is 88.5 Å². The van der Waals surface area contributed by atoms with Crippen LogP contribution in [0.3, 0.4) is 0 Å². The molecule has 0 unspecified atom stereocenters. The van der Waals surface area contributed by atoms with Crippen LogP contribution in [0.15, 0.2) is 279 Å². The number of hydrogen-bond donors (Lipinski definition) is 0. The zero-order valence-electron chi connectivity index (χ0n) is 47.5. The van der Waals surface area contributed by atoms with Gasteiger partial charge in [0.1, 0.15) is 0 Å². The predicted molar refractivity (Wildman–Crippen MR) is 325 cm³/mol. The van der Waals surface area contributed by atoms with Crippen LogP contribution in [-0.2, 0) is 5.41 Å². The lowest BCUT2D eigenvalue weighted by molar-refractivity contribution is 0.664. The van der Waals surface area contributed by atoms with E-state index < -0.39 is 11.5 Å². The van der Waals surface area contributed by atoms with E-state index in [1.807, 2.05) is 47.0 Å². The number of anilines is 6. The number of benzene rings is 12. The molecule has 0 spiro atoms. The summed E-state index contributed by atoms with van der Waals surface area (Å²) in [6.45, 7) is 4.76. The van der Waals surface area contributed by atoms with Crippen LogP contribution in [0.5, 0.6) is 0 Å². The van der Waals surface area contributed by atoms with Crippen molar-refractivity contribution in [1.82, 2.24) is 9.13 Å². The molecule has 1 aliphatic rings. The standard InChI is InChI=1S/C73H52N4/c1-73(2)67-47-55(40-41-59(67)62-42-43-64-60-35-20-22-38-68(60)77(72(64)70(62)73)54-32-16-7-17-33-54)75(52-28-12-5-13-29-52)57-45-49(44-56(46-57)74(50-24-8-3-9-25-50)51-26-10-4-11-27-51)65-48-66-61-36-21-23-39-69(61)76(53-30-14-6-15-31-53)71(66)63-37-19-18-34-58(63)65/h3-48H,1-2H3/i6D,14D,15D,30D,31D. The molecule has 4 heteroatoms. The van der Waals surface area contributed by atoms with E-state index in [1.165, 1.54) is 44.1 Å². The number of aromatic nitrogens is 2. The molecule has 12 aromatic carbocycles. The molecule has 0 amide bonds. The number of nitrogens with zero attached hydrogens (tertiary/aromatic N) is 4. The second kappa shape index (κ2) is 17.6. The van der Waals surface area contributed by atoms with Crippen molar-refractivity contribution in [2.75, 3.05) is 9.80 Å². The highest BCUT2D eigenvalue weighted by Gasteiger charge is 2.39. The first-order valence-corrected chi connectivity index (χ1v) is 26.3. The van der Waals surface area contributed by atoms with Gasteiger partial charge in [-0.1, -0.05) is 184 Å². The summed E-state index contributed by atoms with van der Waals surface area (Å²) >= 11 is 0. The SMILES string of the molecule is [2H]c1c([2H])c([2H])c(-n2c3ccccc3c3cc(-c4cc(N(c5ccccc5)c5ccccc5)cc(N(c5ccccc5)c5ccc6c(c5)C(C)(C)c5c-6ccc6c7ccccc7n(-c7ccccc7)c56)c4)c4ccccc4c32)c([2H])c1[2H]. The molecule has 0 atom stereocenters. The van der Waals surface area contributed by atoms with Gasteiger partial charge in [-0.15, -0.1) is 0 Å². The summed E-state index contributed by atoms with van der Waals surface area (Å²) in [6, 6.07) is 86.5. The van der Waals surface area contributed by atoms with Crippen molar-refractivity contribution in [2.45, 2.75) is 19.3 Å². The van der Waals surface area contributed by atoms with Crippen molar-refractivity contribution in [3.05, 3.63) is 290 Å². The van der Waals surface area contributed by atoms with Gasteiger partial charge in [0.15, 0.2) is 0 Å². The molecular weight excluding hydrogens is 933 g/mol. The summed E-state index contributed by atoms with van der Waals surface area (Å²) in [5.41, 5.74) is 17.6. The molecule has 0 N–H and O–H groups in total. The van der Waals surface area contributed by atoms with Gasteiger partial charge in [0, 0.05) is 77.8 Å². The van der Waals surface area contributed by atoms with E-state index in [2.05, 4.69) is 234 Å². The molecular formula is C73H52N4. The minimum Gasteiger partial charge on any atom is -0.310 e. The van der Waals surface area contributed by atoms with Gasteiger partial charge in [-0.3, -0.25) is 0 Å².